The van der Waals surface area contributed by atoms with E-state index in [1.165, 1.54) is 0 Å². The molecule has 2 saturated heterocycles. The van der Waals surface area contributed by atoms with Gasteiger partial charge in [-0.3, -0.25) is 0 Å². The fourth-order valence-electron chi connectivity index (χ4n) is 2.87. The van der Waals surface area contributed by atoms with Gasteiger partial charge in [-0.25, -0.2) is 8.42 Å². The van der Waals surface area contributed by atoms with Gasteiger partial charge in [0.05, 0.1) is 4.90 Å². The minimum absolute atomic E-state index is 0.147. The molecule has 0 aliphatic carbocycles. The lowest BCUT2D eigenvalue weighted by Crippen LogP contribution is -2.47. The van der Waals surface area contributed by atoms with Crippen LogP contribution in [0.25, 0.3) is 0 Å². The van der Waals surface area contributed by atoms with Gasteiger partial charge in [0, 0.05) is 29.6 Å². The highest BCUT2D eigenvalue weighted by atomic mass is 79.9. The fraction of sp³-hybridized carbons (Fsp3) is 0.500. The second-order valence-corrected chi connectivity index (χ2v) is 7.82. The summed E-state index contributed by atoms with van der Waals surface area (Å²) in [5, 5.41) is 0. The lowest BCUT2D eigenvalue weighted by molar-refractivity contribution is 0.216. The number of likely N-dealkylation sites (N-methyl/N-ethyl adjacent to an activating group) is 1. The summed E-state index contributed by atoms with van der Waals surface area (Å²) >= 11 is 3.32. The highest BCUT2D eigenvalue weighted by Crippen LogP contribution is 2.34. The van der Waals surface area contributed by atoms with Gasteiger partial charge in [-0.2, -0.15) is 4.31 Å². The molecule has 2 aliphatic heterocycles. The third-order valence-corrected chi connectivity index (χ3v) is 6.35. The molecule has 0 radical (unpaired) electrons. The Hall–Kier alpha value is -0.430. The third kappa shape index (κ3) is 1.91. The van der Waals surface area contributed by atoms with Gasteiger partial charge in [0.2, 0.25) is 10.0 Å². The van der Waals surface area contributed by atoms with Crippen molar-refractivity contribution < 1.29 is 8.42 Å². The lowest BCUT2D eigenvalue weighted by atomic mass is 10.2. The number of fused-ring (bicyclic) bond motifs is 2. The van der Waals surface area contributed by atoms with Crippen LogP contribution in [0.15, 0.2) is 33.6 Å². The smallest absolute Gasteiger partial charge is 0.243 e. The van der Waals surface area contributed by atoms with Crippen molar-refractivity contribution in [2.45, 2.75) is 23.4 Å². The Labute approximate surface area is 116 Å². The molecule has 2 heterocycles. The van der Waals surface area contributed by atoms with Gasteiger partial charge in [0.15, 0.2) is 0 Å². The minimum atomic E-state index is -3.32. The highest BCUT2D eigenvalue weighted by Gasteiger charge is 2.46. The number of sulfonamides is 1. The first-order valence-electron chi connectivity index (χ1n) is 5.96. The Bertz CT molecular complexity index is 556. The number of nitrogens with zero attached hydrogens (tertiary/aromatic N) is 2. The van der Waals surface area contributed by atoms with Gasteiger partial charge in [-0.15, -0.1) is 0 Å². The maximum absolute atomic E-state index is 12.5. The van der Waals surface area contributed by atoms with E-state index >= 15 is 0 Å². The Balaban J connectivity index is 1.90. The monoisotopic (exact) mass is 330 g/mol. The molecule has 2 aliphatic rings. The zero-order chi connectivity index (χ0) is 12.9. The molecule has 98 valence electrons. The summed E-state index contributed by atoms with van der Waals surface area (Å²) in [6.07, 6.45) is 0.965. The number of hydrogen-bond acceptors (Lipinski definition) is 3. The van der Waals surface area contributed by atoms with Gasteiger partial charge in [0.25, 0.3) is 0 Å². The zero-order valence-electron chi connectivity index (χ0n) is 10.1. The van der Waals surface area contributed by atoms with Crippen molar-refractivity contribution in [3.8, 4) is 0 Å². The molecule has 18 heavy (non-hydrogen) atoms. The van der Waals surface area contributed by atoms with Crippen LogP contribution < -0.4 is 0 Å². The van der Waals surface area contributed by atoms with Crippen molar-refractivity contribution >= 4 is 26.0 Å². The quantitative estimate of drug-likeness (QED) is 0.825. The molecule has 2 atom stereocenters. The molecular formula is C12H15BrN2O2S. The van der Waals surface area contributed by atoms with Crippen LogP contribution in [0.2, 0.25) is 0 Å². The third-order valence-electron chi connectivity index (χ3n) is 3.88. The Kier molecular flexibility index (Phi) is 3.01. The second-order valence-electron chi connectivity index (χ2n) is 5.01. The molecule has 0 saturated carbocycles. The zero-order valence-corrected chi connectivity index (χ0v) is 12.5. The van der Waals surface area contributed by atoms with Gasteiger partial charge < -0.3 is 4.90 Å². The standard InChI is InChI=1S/C12H15BrN2O2S/c1-14-7-11-6-10(14)8-15(11)18(16,17)12-4-2-9(13)3-5-12/h2-5,10-11H,6-8H2,1H3/t10-,11-/m1/s1. The summed E-state index contributed by atoms with van der Waals surface area (Å²) in [4.78, 5) is 2.64. The van der Waals surface area contributed by atoms with Crippen molar-refractivity contribution in [3.05, 3.63) is 28.7 Å². The van der Waals surface area contributed by atoms with Crippen molar-refractivity contribution in [2.75, 3.05) is 20.1 Å². The number of hydrogen-bond donors (Lipinski definition) is 0. The van der Waals surface area contributed by atoms with Crippen LogP contribution in [-0.4, -0.2) is 49.8 Å². The van der Waals surface area contributed by atoms with Crippen LogP contribution in [-0.2, 0) is 10.0 Å². The topological polar surface area (TPSA) is 40.6 Å². The average molecular weight is 331 g/mol. The summed E-state index contributed by atoms with van der Waals surface area (Å²) in [6.45, 7) is 1.47. The van der Waals surface area contributed by atoms with Crippen LogP contribution in [0.5, 0.6) is 0 Å². The number of piperazine rings is 1. The largest absolute Gasteiger partial charge is 0.300 e. The Morgan fingerprint density at radius 2 is 1.83 bits per heavy atom. The SMILES string of the molecule is CN1C[C@H]2C[C@@H]1CN2S(=O)(=O)c1ccc(Br)cc1. The highest BCUT2D eigenvalue weighted by molar-refractivity contribution is 9.10. The molecule has 3 rings (SSSR count). The Morgan fingerprint density at radius 3 is 2.33 bits per heavy atom. The van der Waals surface area contributed by atoms with Crippen LogP contribution >= 0.6 is 15.9 Å². The maximum Gasteiger partial charge on any atom is 0.243 e. The van der Waals surface area contributed by atoms with Crippen molar-refractivity contribution in [1.29, 1.82) is 0 Å². The van der Waals surface area contributed by atoms with Gasteiger partial charge in [0.1, 0.15) is 0 Å². The van der Waals surface area contributed by atoms with Gasteiger partial charge in [-0.1, -0.05) is 15.9 Å². The summed E-state index contributed by atoms with van der Waals surface area (Å²) in [6, 6.07) is 7.40. The maximum atomic E-state index is 12.5. The molecule has 0 unspecified atom stereocenters. The van der Waals surface area contributed by atoms with Gasteiger partial charge in [-0.05, 0) is 37.7 Å². The molecule has 0 spiro atoms. The second kappa shape index (κ2) is 4.30. The van der Waals surface area contributed by atoms with Crippen molar-refractivity contribution in [3.63, 3.8) is 0 Å². The lowest BCUT2D eigenvalue weighted by Gasteiger charge is -2.31. The summed E-state index contributed by atoms with van der Waals surface area (Å²) in [5.41, 5.74) is 0. The molecule has 0 aromatic heterocycles. The Morgan fingerprint density at radius 1 is 1.17 bits per heavy atom. The van der Waals surface area contributed by atoms with E-state index in [1.807, 2.05) is 0 Å². The van der Waals surface area contributed by atoms with E-state index in [1.54, 1.807) is 28.6 Å². The summed E-state index contributed by atoms with van der Waals surface area (Å²) in [5.74, 6) is 0. The number of likely N-dealkylation sites (tertiary alicyclic amines) is 1. The predicted molar refractivity (Wildman–Crippen MR) is 72.9 cm³/mol. The van der Waals surface area contributed by atoms with E-state index in [4.69, 9.17) is 0 Å². The average Bonchev–Trinajstić information content (AvgIpc) is 2.88. The first-order valence-corrected chi connectivity index (χ1v) is 8.19. The summed E-state index contributed by atoms with van der Waals surface area (Å²) < 4.78 is 27.6. The van der Waals surface area contributed by atoms with Crippen LogP contribution in [0.3, 0.4) is 0 Å². The van der Waals surface area contributed by atoms with E-state index in [0.717, 1.165) is 17.4 Å². The molecule has 1 aromatic carbocycles. The van der Waals surface area contributed by atoms with E-state index in [2.05, 4.69) is 27.9 Å². The summed E-state index contributed by atoms with van der Waals surface area (Å²) in [7, 11) is -1.26. The van der Waals surface area contributed by atoms with E-state index < -0.39 is 10.0 Å². The van der Waals surface area contributed by atoms with Gasteiger partial charge >= 0.3 is 0 Å². The number of halogens is 1. The molecular weight excluding hydrogens is 316 g/mol. The predicted octanol–water partition coefficient (Wildman–Crippen LogP) is 1.53. The van der Waals surface area contributed by atoms with Crippen molar-refractivity contribution in [2.24, 2.45) is 0 Å². The van der Waals surface area contributed by atoms with E-state index in [0.29, 0.717) is 17.5 Å². The van der Waals surface area contributed by atoms with Crippen LogP contribution in [0.1, 0.15) is 6.42 Å². The molecule has 2 fully saturated rings. The number of benzene rings is 1. The first-order chi connectivity index (χ1) is 8.48. The minimum Gasteiger partial charge on any atom is -0.300 e. The molecule has 0 amide bonds. The molecule has 2 bridgehead atoms. The fourth-order valence-corrected chi connectivity index (χ4v) is 4.79. The van der Waals surface area contributed by atoms with Crippen LogP contribution in [0.4, 0.5) is 0 Å². The molecule has 4 nitrogen and oxygen atoms in total. The first kappa shape index (κ1) is 12.6. The van der Waals surface area contributed by atoms with E-state index in [9.17, 15) is 8.42 Å². The molecule has 0 N–H and O–H groups in total. The molecule has 1 aromatic rings. The normalized spacial score (nSPS) is 29.0. The van der Waals surface area contributed by atoms with Crippen LogP contribution in [0, 0.1) is 0 Å². The number of rotatable bonds is 2. The van der Waals surface area contributed by atoms with E-state index in [-0.39, 0.29) is 6.04 Å². The molecule has 6 heteroatoms. The van der Waals surface area contributed by atoms with Crippen molar-refractivity contribution in [1.82, 2.24) is 9.21 Å².